The van der Waals surface area contributed by atoms with Gasteiger partial charge in [-0.1, -0.05) is 6.42 Å². The Morgan fingerprint density at radius 1 is 1.12 bits per heavy atom. The largest absolute Gasteiger partial charge is 0.388 e. The highest BCUT2D eigenvalue weighted by Crippen LogP contribution is 2.43. The van der Waals surface area contributed by atoms with Gasteiger partial charge in [-0.3, -0.25) is 4.90 Å². The lowest BCUT2D eigenvalue weighted by Gasteiger charge is -2.50. The summed E-state index contributed by atoms with van der Waals surface area (Å²) in [6.07, 6.45) is 6.36. The highest BCUT2D eigenvalue weighted by Gasteiger charge is 2.51. The molecule has 3 nitrogen and oxygen atoms in total. The Kier molecular flexibility index (Phi) is 3.18. The van der Waals surface area contributed by atoms with Gasteiger partial charge < -0.3 is 9.84 Å². The highest BCUT2D eigenvalue weighted by atomic mass is 16.5. The van der Waals surface area contributed by atoms with Gasteiger partial charge in [0.15, 0.2) is 0 Å². The summed E-state index contributed by atoms with van der Waals surface area (Å²) >= 11 is 0. The van der Waals surface area contributed by atoms with Crippen LogP contribution in [0.1, 0.15) is 39.0 Å². The molecule has 1 aliphatic carbocycles. The van der Waals surface area contributed by atoms with Crippen LogP contribution in [0.2, 0.25) is 0 Å². The van der Waals surface area contributed by atoms with Crippen molar-refractivity contribution >= 4 is 0 Å². The van der Waals surface area contributed by atoms with Gasteiger partial charge in [0, 0.05) is 18.6 Å². The quantitative estimate of drug-likeness (QED) is 0.755. The van der Waals surface area contributed by atoms with Crippen molar-refractivity contribution in [1.82, 2.24) is 4.90 Å². The van der Waals surface area contributed by atoms with Crippen molar-refractivity contribution in [2.45, 2.75) is 50.7 Å². The van der Waals surface area contributed by atoms with Gasteiger partial charge in [-0.05, 0) is 51.6 Å². The molecule has 3 aliphatic rings. The van der Waals surface area contributed by atoms with Gasteiger partial charge in [0.05, 0.1) is 12.2 Å². The number of aliphatic hydroxyl groups is 1. The van der Waals surface area contributed by atoms with Crippen molar-refractivity contribution in [3.8, 4) is 0 Å². The number of likely N-dealkylation sites (tertiary alicyclic amines) is 1. The fourth-order valence-electron chi connectivity index (χ4n) is 4.22. The third kappa shape index (κ3) is 2.02. The predicted octanol–water partition coefficient (Wildman–Crippen LogP) is 1.65. The van der Waals surface area contributed by atoms with Gasteiger partial charge in [0.1, 0.15) is 0 Å². The first-order valence-corrected chi connectivity index (χ1v) is 7.24. The molecule has 0 aromatic rings. The van der Waals surface area contributed by atoms with E-state index in [0.29, 0.717) is 17.9 Å². The first-order valence-electron chi connectivity index (χ1n) is 7.24. The van der Waals surface area contributed by atoms with Crippen LogP contribution < -0.4 is 0 Å². The number of fused-ring (bicyclic) bond motifs is 1. The molecule has 0 radical (unpaired) electrons. The van der Waals surface area contributed by atoms with Crippen molar-refractivity contribution < 1.29 is 9.84 Å². The summed E-state index contributed by atoms with van der Waals surface area (Å²) in [4.78, 5) is 2.54. The normalized spacial score (nSPS) is 48.0. The number of ether oxygens (including phenoxy) is 1. The maximum atomic E-state index is 10.9. The molecule has 0 amide bonds. The zero-order valence-corrected chi connectivity index (χ0v) is 10.9. The summed E-state index contributed by atoms with van der Waals surface area (Å²) < 4.78 is 5.58. The second-order valence-corrected chi connectivity index (χ2v) is 6.32. The first kappa shape index (κ1) is 11.9. The van der Waals surface area contributed by atoms with Crippen LogP contribution in [0.25, 0.3) is 0 Å². The molecule has 2 heterocycles. The Morgan fingerprint density at radius 2 is 1.88 bits per heavy atom. The van der Waals surface area contributed by atoms with E-state index in [9.17, 15) is 5.11 Å². The maximum absolute atomic E-state index is 10.9. The van der Waals surface area contributed by atoms with Crippen LogP contribution >= 0.6 is 0 Å². The summed E-state index contributed by atoms with van der Waals surface area (Å²) in [7, 11) is 0. The highest BCUT2D eigenvalue weighted by molar-refractivity contribution is 5.03. The third-order valence-corrected chi connectivity index (χ3v) is 5.27. The second-order valence-electron chi connectivity index (χ2n) is 6.32. The zero-order chi connectivity index (χ0) is 11.9. The summed E-state index contributed by atoms with van der Waals surface area (Å²) in [5.74, 6) is 0.967. The number of hydrogen-bond acceptors (Lipinski definition) is 3. The van der Waals surface area contributed by atoms with E-state index in [1.807, 2.05) is 0 Å². The second kappa shape index (κ2) is 4.52. The van der Waals surface area contributed by atoms with Crippen LogP contribution in [0.15, 0.2) is 0 Å². The first-order chi connectivity index (χ1) is 8.19. The van der Waals surface area contributed by atoms with Crippen LogP contribution in [-0.2, 0) is 4.74 Å². The number of rotatable bonds is 1. The monoisotopic (exact) mass is 239 g/mol. The van der Waals surface area contributed by atoms with Crippen LogP contribution in [0.4, 0.5) is 0 Å². The number of hydrogen-bond donors (Lipinski definition) is 1. The SMILES string of the molecule is C[C@]1(O)[C@@H]2COC[C@H]2CC[C@@H]1N1CCCCC1. The molecule has 1 saturated carbocycles. The minimum atomic E-state index is -0.545. The molecule has 2 aliphatic heterocycles. The molecule has 0 aromatic heterocycles. The summed E-state index contributed by atoms with van der Waals surface area (Å²) in [6, 6.07) is 0.366. The van der Waals surface area contributed by atoms with E-state index in [1.165, 1.54) is 38.8 Å². The molecule has 0 aromatic carbocycles. The lowest BCUT2D eigenvalue weighted by molar-refractivity contribution is -0.113. The van der Waals surface area contributed by atoms with E-state index >= 15 is 0 Å². The third-order valence-electron chi connectivity index (χ3n) is 5.27. The minimum Gasteiger partial charge on any atom is -0.388 e. The predicted molar refractivity (Wildman–Crippen MR) is 66.9 cm³/mol. The maximum Gasteiger partial charge on any atom is 0.0827 e. The molecule has 0 bridgehead atoms. The van der Waals surface area contributed by atoms with Gasteiger partial charge in [-0.2, -0.15) is 0 Å². The van der Waals surface area contributed by atoms with E-state index < -0.39 is 5.60 Å². The van der Waals surface area contributed by atoms with E-state index in [0.717, 1.165) is 19.6 Å². The van der Waals surface area contributed by atoms with E-state index in [1.54, 1.807) is 0 Å². The Hall–Kier alpha value is -0.120. The molecule has 3 fully saturated rings. The molecule has 0 unspecified atom stereocenters. The molecular weight excluding hydrogens is 214 g/mol. The average Bonchev–Trinajstić information content (AvgIpc) is 2.80. The molecule has 2 saturated heterocycles. The fraction of sp³-hybridized carbons (Fsp3) is 1.00. The molecule has 3 heteroatoms. The van der Waals surface area contributed by atoms with E-state index in [-0.39, 0.29) is 0 Å². The molecule has 4 atom stereocenters. The van der Waals surface area contributed by atoms with E-state index in [4.69, 9.17) is 4.74 Å². The Bertz CT molecular complexity index is 273. The summed E-state index contributed by atoms with van der Waals surface area (Å²) in [5.41, 5.74) is -0.545. The zero-order valence-electron chi connectivity index (χ0n) is 10.9. The van der Waals surface area contributed by atoms with Gasteiger partial charge in [-0.25, -0.2) is 0 Å². The van der Waals surface area contributed by atoms with Gasteiger partial charge in [-0.15, -0.1) is 0 Å². The number of nitrogens with zero attached hydrogens (tertiary/aromatic N) is 1. The lowest BCUT2D eigenvalue weighted by Crippen LogP contribution is -2.60. The number of piperidine rings is 1. The van der Waals surface area contributed by atoms with Gasteiger partial charge in [0.2, 0.25) is 0 Å². The van der Waals surface area contributed by atoms with Crippen molar-refractivity contribution in [3.05, 3.63) is 0 Å². The smallest absolute Gasteiger partial charge is 0.0827 e. The Labute approximate surface area is 104 Å². The van der Waals surface area contributed by atoms with Crippen molar-refractivity contribution in [2.24, 2.45) is 11.8 Å². The van der Waals surface area contributed by atoms with Crippen LogP contribution in [0.3, 0.4) is 0 Å². The minimum absolute atomic E-state index is 0.364. The summed E-state index contributed by atoms with van der Waals surface area (Å²) in [5, 5.41) is 10.9. The Morgan fingerprint density at radius 3 is 2.65 bits per heavy atom. The van der Waals surface area contributed by atoms with Gasteiger partial charge in [0.25, 0.3) is 0 Å². The molecule has 98 valence electrons. The Balaban J connectivity index is 1.75. The van der Waals surface area contributed by atoms with Crippen molar-refractivity contribution in [1.29, 1.82) is 0 Å². The molecular formula is C14H25NO2. The van der Waals surface area contributed by atoms with Crippen molar-refractivity contribution in [3.63, 3.8) is 0 Å². The fourth-order valence-corrected chi connectivity index (χ4v) is 4.22. The van der Waals surface area contributed by atoms with E-state index in [2.05, 4.69) is 11.8 Å². The molecule has 17 heavy (non-hydrogen) atoms. The standard InChI is InChI=1S/C14H25NO2/c1-14(16)12-10-17-9-11(12)5-6-13(14)15-7-3-2-4-8-15/h11-13,16H,2-10H2,1H3/t11-,12-,13+,14+/m1/s1. The average molecular weight is 239 g/mol. The van der Waals surface area contributed by atoms with Gasteiger partial charge >= 0.3 is 0 Å². The molecule has 1 N–H and O–H groups in total. The van der Waals surface area contributed by atoms with Crippen LogP contribution in [0.5, 0.6) is 0 Å². The van der Waals surface area contributed by atoms with Crippen molar-refractivity contribution in [2.75, 3.05) is 26.3 Å². The van der Waals surface area contributed by atoms with Crippen LogP contribution in [0, 0.1) is 11.8 Å². The topological polar surface area (TPSA) is 32.7 Å². The molecule has 3 rings (SSSR count). The van der Waals surface area contributed by atoms with Crippen LogP contribution in [-0.4, -0.2) is 48.0 Å². The summed E-state index contributed by atoms with van der Waals surface area (Å²) in [6.45, 7) is 6.05. The molecule has 0 spiro atoms. The lowest BCUT2D eigenvalue weighted by atomic mass is 9.68.